The molecule has 1 aromatic heterocycles. The van der Waals surface area contributed by atoms with Gasteiger partial charge < -0.3 is 14.6 Å². The predicted molar refractivity (Wildman–Crippen MR) is 84.2 cm³/mol. The smallest absolute Gasteiger partial charge is 0.228 e. The molecule has 1 N–H and O–H groups in total. The molecule has 5 nitrogen and oxygen atoms in total. The lowest BCUT2D eigenvalue weighted by molar-refractivity contribution is -0.0403. The first-order chi connectivity index (χ1) is 9.96. The maximum atomic E-state index is 5.79. The van der Waals surface area contributed by atoms with Crippen molar-refractivity contribution in [2.45, 2.75) is 72.4 Å². The normalized spacial score (nSPS) is 16.1. The summed E-state index contributed by atoms with van der Waals surface area (Å²) in [5, 5.41) is 7.68. The average molecular weight is 297 g/mol. The van der Waals surface area contributed by atoms with E-state index in [0.29, 0.717) is 30.3 Å². The van der Waals surface area contributed by atoms with Crippen molar-refractivity contribution < 1.29 is 9.26 Å². The summed E-state index contributed by atoms with van der Waals surface area (Å²) >= 11 is 0. The predicted octanol–water partition coefficient (Wildman–Crippen LogP) is 3.30. The fourth-order valence-corrected chi connectivity index (χ4v) is 2.26. The van der Waals surface area contributed by atoms with Crippen LogP contribution in [-0.2, 0) is 16.8 Å². The van der Waals surface area contributed by atoms with Gasteiger partial charge in [0.25, 0.3) is 0 Å². The van der Waals surface area contributed by atoms with Crippen LogP contribution in [0, 0.1) is 5.92 Å². The molecule has 1 heterocycles. The lowest BCUT2D eigenvalue weighted by atomic mass is 10.0. The van der Waals surface area contributed by atoms with Crippen LogP contribution in [0.25, 0.3) is 0 Å². The highest BCUT2D eigenvalue weighted by Gasteiger charge is 2.31. The van der Waals surface area contributed by atoms with Crippen molar-refractivity contribution in [3.63, 3.8) is 0 Å². The van der Waals surface area contributed by atoms with Gasteiger partial charge in [-0.3, -0.25) is 0 Å². The topological polar surface area (TPSA) is 60.2 Å². The zero-order valence-corrected chi connectivity index (χ0v) is 14.4. The summed E-state index contributed by atoms with van der Waals surface area (Å²) in [5.74, 6) is 1.86. The zero-order chi connectivity index (χ0) is 15.9. The number of hydrogen-bond acceptors (Lipinski definition) is 5. The first-order valence-electron chi connectivity index (χ1n) is 8.17. The maximum absolute atomic E-state index is 5.79. The molecule has 5 heteroatoms. The van der Waals surface area contributed by atoms with Crippen molar-refractivity contribution in [1.29, 1.82) is 0 Å². The minimum absolute atomic E-state index is 0.359. The van der Waals surface area contributed by atoms with E-state index in [1.807, 2.05) is 13.8 Å². The molecule has 1 rings (SSSR count). The molecular weight excluding hydrogens is 266 g/mol. The lowest BCUT2D eigenvalue weighted by Crippen LogP contribution is -2.36. The molecule has 21 heavy (non-hydrogen) atoms. The average Bonchev–Trinajstić information content (AvgIpc) is 2.92. The maximum Gasteiger partial charge on any atom is 0.228 e. The van der Waals surface area contributed by atoms with Gasteiger partial charge in [-0.2, -0.15) is 4.98 Å². The molecule has 0 bridgehead atoms. The summed E-state index contributed by atoms with van der Waals surface area (Å²) < 4.78 is 11.2. The molecule has 0 aliphatic rings. The van der Waals surface area contributed by atoms with Crippen LogP contribution in [0.15, 0.2) is 4.52 Å². The molecule has 0 spiro atoms. The highest BCUT2D eigenvalue weighted by atomic mass is 16.5. The quantitative estimate of drug-likeness (QED) is 0.718. The molecule has 0 amide bonds. The fraction of sp³-hybridized carbons (Fsp3) is 0.875. The molecule has 0 aliphatic heterocycles. The number of nitrogens with zero attached hydrogens (tertiary/aromatic N) is 2. The van der Waals surface area contributed by atoms with Gasteiger partial charge in [0.2, 0.25) is 11.7 Å². The Balaban J connectivity index is 2.77. The van der Waals surface area contributed by atoms with E-state index in [1.54, 1.807) is 0 Å². The number of hydrogen-bond donors (Lipinski definition) is 1. The Morgan fingerprint density at radius 3 is 2.52 bits per heavy atom. The molecule has 1 aromatic rings. The summed E-state index contributed by atoms with van der Waals surface area (Å²) in [6, 6.07) is 0.359. The Morgan fingerprint density at radius 2 is 2.00 bits per heavy atom. The Labute approximate surface area is 128 Å². The molecule has 0 aromatic carbocycles. The van der Waals surface area contributed by atoms with E-state index in [9.17, 15) is 0 Å². The Kier molecular flexibility index (Phi) is 7.32. The minimum Gasteiger partial charge on any atom is -0.367 e. The number of ether oxygens (including phenoxy) is 1. The lowest BCUT2D eigenvalue weighted by Gasteiger charge is -2.24. The first kappa shape index (κ1) is 18.1. The van der Waals surface area contributed by atoms with Crippen LogP contribution in [0.5, 0.6) is 0 Å². The molecule has 0 radical (unpaired) electrons. The second-order valence-corrected chi connectivity index (χ2v) is 6.04. The van der Waals surface area contributed by atoms with Gasteiger partial charge in [0.15, 0.2) is 0 Å². The van der Waals surface area contributed by atoms with E-state index in [1.165, 1.54) is 0 Å². The van der Waals surface area contributed by atoms with Crippen molar-refractivity contribution in [2.75, 3.05) is 13.2 Å². The Bertz CT molecular complexity index is 406. The third-order valence-corrected chi connectivity index (χ3v) is 3.93. The summed E-state index contributed by atoms with van der Waals surface area (Å²) in [5.41, 5.74) is -0.458. The number of aromatic nitrogens is 2. The molecule has 2 atom stereocenters. The van der Waals surface area contributed by atoms with Crippen molar-refractivity contribution in [3.8, 4) is 0 Å². The summed E-state index contributed by atoms with van der Waals surface area (Å²) in [4.78, 5) is 4.56. The van der Waals surface area contributed by atoms with Gasteiger partial charge in [0, 0.05) is 19.1 Å². The van der Waals surface area contributed by atoms with Gasteiger partial charge in [-0.15, -0.1) is 0 Å². The summed E-state index contributed by atoms with van der Waals surface area (Å²) in [6.45, 7) is 14.3. The molecule has 122 valence electrons. The van der Waals surface area contributed by atoms with Crippen molar-refractivity contribution >= 4 is 0 Å². The third-order valence-electron chi connectivity index (χ3n) is 3.93. The van der Waals surface area contributed by atoms with Crippen molar-refractivity contribution in [3.05, 3.63) is 11.7 Å². The number of nitrogens with one attached hydrogen (secondary N) is 1. The second kappa shape index (κ2) is 8.49. The van der Waals surface area contributed by atoms with Gasteiger partial charge in [-0.05, 0) is 39.2 Å². The number of rotatable bonds is 10. The highest BCUT2D eigenvalue weighted by Crippen LogP contribution is 2.26. The van der Waals surface area contributed by atoms with E-state index in [0.717, 1.165) is 25.8 Å². The summed E-state index contributed by atoms with van der Waals surface area (Å²) in [7, 11) is 0. The van der Waals surface area contributed by atoms with Crippen LogP contribution in [0.1, 0.15) is 66.1 Å². The monoisotopic (exact) mass is 297 g/mol. The summed E-state index contributed by atoms with van der Waals surface area (Å²) in [6.07, 6.45) is 2.70. The van der Waals surface area contributed by atoms with Crippen molar-refractivity contribution in [1.82, 2.24) is 15.5 Å². The van der Waals surface area contributed by atoms with E-state index in [-0.39, 0.29) is 0 Å². The third kappa shape index (κ3) is 5.08. The SMILES string of the molecule is CCCNC(Cc1nc(C(C)(CC)OCC)no1)C(C)C. The van der Waals surface area contributed by atoms with Crippen LogP contribution in [0.3, 0.4) is 0 Å². The molecule has 0 saturated heterocycles. The first-order valence-corrected chi connectivity index (χ1v) is 8.17. The fourth-order valence-electron chi connectivity index (χ4n) is 2.26. The van der Waals surface area contributed by atoms with Gasteiger partial charge in [-0.1, -0.05) is 32.9 Å². The van der Waals surface area contributed by atoms with Crippen LogP contribution in [-0.4, -0.2) is 29.3 Å². The largest absolute Gasteiger partial charge is 0.367 e. The Morgan fingerprint density at radius 1 is 1.29 bits per heavy atom. The van der Waals surface area contributed by atoms with Gasteiger partial charge >= 0.3 is 0 Å². The van der Waals surface area contributed by atoms with E-state index in [2.05, 4.69) is 43.2 Å². The molecule has 0 aliphatic carbocycles. The van der Waals surface area contributed by atoms with E-state index in [4.69, 9.17) is 9.26 Å². The van der Waals surface area contributed by atoms with E-state index >= 15 is 0 Å². The molecule has 0 saturated carbocycles. The van der Waals surface area contributed by atoms with Crippen LogP contribution in [0.4, 0.5) is 0 Å². The van der Waals surface area contributed by atoms with Crippen molar-refractivity contribution in [2.24, 2.45) is 5.92 Å². The van der Waals surface area contributed by atoms with Crippen LogP contribution in [0.2, 0.25) is 0 Å². The van der Waals surface area contributed by atoms with Gasteiger partial charge in [0.1, 0.15) is 5.60 Å². The minimum atomic E-state index is -0.458. The second-order valence-electron chi connectivity index (χ2n) is 6.04. The highest BCUT2D eigenvalue weighted by molar-refractivity contribution is 5.00. The molecule has 0 fully saturated rings. The Hall–Kier alpha value is -0.940. The van der Waals surface area contributed by atoms with Gasteiger partial charge in [-0.25, -0.2) is 0 Å². The van der Waals surface area contributed by atoms with Gasteiger partial charge in [0.05, 0.1) is 0 Å². The van der Waals surface area contributed by atoms with E-state index < -0.39 is 5.60 Å². The molecular formula is C16H31N3O2. The molecule has 2 unspecified atom stereocenters. The van der Waals surface area contributed by atoms with Crippen LogP contribution >= 0.6 is 0 Å². The zero-order valence-electron chi connectivity index (χ0n) is 14.4. The standard InChI is InChI=1S/C16H31N3O2/c1-7-10-17-13(12(4)5)11-14-18-15(19-21-14)16(6,8-2)20-9-3/h12-13,17H,7-11H2,1-6H3. The van der Waals surface area contributed by atoms with Crippen LogP contribution < -0.4 is 5.32 Å².